The summed E-state index contributed by atoms with van der Waals surface area (Å²) in [5, 5.41) is 2.80. The minimum absolute atomic E-state index is 0.0364. The lowest BCUT2D eigenvalue weighted by Gasteiger charge is -2.15. The Morgan fingerprint density at radius 3 is 2.33 bits per heavy atom. The number of nitrogens with one attached hydrogen (secondary N) is 1. The molecule has 6 nitrogen and oxygen atoms in total. The fourth-order valence-corrected chi connectivity index (χ4v) is 3.82. The maximum Gasteiger partial charge on any atom is 0.340 e. The Hall–Kier alpha value is -3.93. The Kier molecular flexibility index (Phi) is 6.83. The minimum Gasteiger partial charge on any atom is -0.457 e. The van der Waals surface area contributed by atoms with Crippen molar-refractivity contribution in [2.45, 2.75) is 26.4 Å². The molecule has 1 fully saturated rings. The monoisotopic (exact) mass is 442 g/mol. The van der Waals surface area contributed by atoms with Crippen LogP contribution in [0.15, 0.2) is 72.8 Å². The molecule has 3 aromatic carbocycles. The first-order valence-corrected chi connectivity index (χ1v) is 11.0. The van der Waals surface area contributed by atoms with Gasteiger partial charge in [-0.15, -0.1) is 0 Å². The van der Waals surface area contributed by atoms with Crippen LogP contribution in [0.5, 0.6) is 0 Å². The van der Waals surface area contributed by atoms with Crippen molar-refractivity contribution in [3.05, 3.63) is 101 Å². The summed E-state index contributed by atoms with van der Waals surface area (Å²) in [4.78, 5) is 39.7. The molecule has 0 radical (unpaired) electrons. The number of carbonyl (C=O) groups is 3. The van der Waals surface area contributed by atoms with E-state index < -0.39 is 5.97 Å². The largest absolute Gasteiger partial charge is 0.457 e. The summed E-state index contributed by atoms with van der Waals surface area (Å²) in [5.41, 5.74) is 3.57. The molecule has 4 rings (SSSR count). The van der Waals surface area contributed by atoms with Crippen LogP contribution in [0, 0.1) is 6.92 Å². The molecule has 0 aliphatic carbocycles. The third kappa shape index (κ3) is 5.47. The van der Waals surface area contributed by atoms with E-state index in [1.807, 2.05) is 24.0 Å². The molecule has 168 valence electrons. The van der Waals surface area contributed by atoms with Gasteiger partial charge in [-0.3, -0.25) is 9.59 Å². The van der Waals surface area contributed by atoms with Gasteiger partial charge in [-0.05, 0) is 61.7 Å². The van der Waals surface area contributed by atoms with Crippen molar-refractivity contribution in [3.63, 3.8) is 0 Å². The van der Waals surface area contributed by atoms with Crippen LogP contribution >= 0.6 is 0 Å². The number of para-hydroxylation sites is 1. The van der Waals surface area contributed by atoms with Crippen molar-refractivity contribution in [1.82, 2.24) is 4.90 Å². The average Bonchev–Trinajstić information content (AvgIpc) is 3.38. The molecule has 0 spiro atoms. The van der Waals surface area contributed by atoms with Crippen LogP contribution < -0.4 is 5.32 Å². The van der Waals surface area contributed by atoms with Crippen LogP contribution in [-0.2, 0) is 11.3 Å². The van der Waals surface area contributed by atoms with Gasteiger partial charge in [0, 0.05) is 24.2 Å². The van der Waals surface area contributed by atoms with E-state index in [2.05, 4.69) is 5.32 Å². The zero-order valence-corrected chi connectivity index (χ0v) is 18.5. The van der Waals surface area contributed by atoms with Crippen LogP contribution in [0.3, 0.4) is 0 Å². The predicted molar refractivity (Wildman–Crippen MR) is 126 cm³/mol. The second-order valence-electron chi connectivity index (χ2n) is 8.14. The summed E-state index contributed by atoms with van der Waals surface area (Å²) in [7, 11) is 0. The van der Waals surface area contributed by atoms with E-state index in [4.69, 9.17) is 4.74 Å². The number of hydrogen-bond donors (Lipinski definition) is 1. The predicted octanol–water partition coefficient (Wildman–Crippen LogP) is 4.84. The van der Waals surface area contributed by atoms with Gasteiger partial charge in [0.1, 0.15) is 6.61 Å². The molecule has 6 heteroatoms. The highest BCUT2D eigenvalue weighted by Crippen LogP contribution is 2.19. The van der Waals surface area contributed by atoms with Gasteiger partial charge < -0.3 is 15.0 Å². The van der Waals surface area contributed by atoms with E-state index in [1.165, 1.54) is 0 Å². The highest BCUT2D eigenvalue weighted by molar-refractivity contribution is 6.08. The van der Waals surface area contributed by atoms with Crippen molar-refractivity contribution in [1.29, 1.82) is 0 Å². The van der Waals surface area contributed by atoms with Crippen molar-refractivity contribution in [2.24, 2.45) is 0 Å². The molecule has 0 bridgehead atoms. The SMILES string of the molecule is Cc1cccc(C(=O)Nc2ccccc2C(=O)OCc2ccc(C(=O)N3CCCC3)cc2)c1. The molecule has 1 aliphatic rings. The van der Waals surface area contributed by atoms with Crippen molar-refractivity contribution in [3.8, 4) is 0 Å². The van der Waals surface area contributed by atoms with Crippen LogP contribution in [0.2, 0.25) is 0 Å². The summed E-state index contributed by atoms with van der Waals surface area (Å²) in [5.74, 6) is -0.793. The number of hydrogen-bond acceptors (Lipinski definition) is 4. The highest BCUT2D eigenvalue weighted by atomic mass is 16.5. The molecule has 3 aromatic rings. The van der Waals surface area contributed by atoms with Gasteiger partial charge in [0.05, 0.1) is 11.3 Å². The Bertz CT molecular complexity index is 1160. The Labute approximate surface area is 193 Å². The molecule has 33 heavy (non-hydrogen) atoms. The number of anilines is 1. The number of nitrogens with zero attached hydrogens (tertiary/aromatic N) is 1. The standard InChI is InChI=1S/C27H26N2O4/c1-19-7-6-8-22(17-19)25(30)28-24-10-3-2-9-23(24)27(32)33-18-20-11-13-21(14-12-20)26(31)29-15-4-5-16-29/h2-3,6-14,17H,4-5,15-16,18H2,1H3,(H,28,30). The first kappa shape index (κ1) is 22.3. The molecule has 1 saturated heterocycles. The Balaban J connectivity index is 1.39. The molecule has 1 N–H and O–H groups in total. The Morgan fingerprint density at radius 2 is 1.61 bits per heavy atom. The van der Waals surface area contributed by atoms with Crippen molar-refractivity contribution < 1.29 is 19.1 Å². The van der Waals surface area contributed by atoms with Crippen molar-refractivity contribution in [2.75, 3.05) is 18.4 Å². The normalized spacial score (nSPS) is 12.9. The van der Waals surface area contributed by atoms with E-state index in [1.54, 1.807) is 60.7 Å². The summed E-state index contributed by atoms with van der Waals surface area (Å²) in [6.45, 7) is 3.59. The van der Waals surface area contributed by atoms with Gasteiger partial charge in [0.15, 0.2) is 0 Å². The zero-order chi connectivity index (χ0) is 23.2. The molecule has 0 unspecified atom stereocenters. The molecular formula is C27H26N2O4. The molecule has 2 amide bonds. The number of ether oxygens (including phenoxy) is 1. The molecule has 1 aliphatic heterocycles. The van der Waals surface area contributed by atoms with E-state index >= 15 is 0 Å². The lowest BCUT2D eigenvalue weighted by Crippen LogP contribution is -2.27. The minimum atomic E-state index is -0.535. The number of likely N-dealkylation sites (tertiary alicyclic amines) is 1. The maximum absolute atomic E-state index is 12.7. The van der Waals surface area contributed by atoms with Crippen LogP contribution in [0.25, 0.3) is 0 Å². The number of esters is 1. The molecule has 1 heterocycles. The highest BCUT2D eigenvalue weighted by Gasteiger charge is 2.19. The van der Waals surface area contributed by atoms with Gasteiger partial charge in [-0.25, -0.2) is 4.79 Å². The number of rotatable bonds is 6. The molecule has 0 atom stereocenters. The van der Waals surface area contributed by atoms with Gasteiger partial charge in [0.2, 0.25) is 0 Å². The Morgan fingerprint density at radius 1 is 0.879 bits per heavy atom. The van der Waals surface area contributed by atoms with Crippen LogP contribution in [0.4, 0.5) is 5.69 Å². The lowest BCUT2D eigenvalue weighted by atomic mass is 10.1. The third-order valence-corrected chi connectivity index (χ3v) is 5.64. The second kappa shape index (κ2) is 10.1. The maximum atomic E-state index is 12.7. The van der Waals surface area contributed by atoms with Crippen LogP contribution in [-0.4, -0.2) is 35.8 Å². The zero-order valence-electron chi connectivity index (χ0n) is 18.5. The van der Waals surface area contributed by atoms with E-state index in [0.717, 1.165) is 37.1 Å². The smallest absolute Gasteiger partial charge is 0.340 e. The van der Waals surface area contributed by atoms with Gasteiger partial charge in [-0.1, -0.05) is 42.0 Å². The summed E-state index contributed by atoms with van der Waals surface area (Å²) in [6.07, 6.45) is 2.10. The number of amides is 2. The summed E-state index contributed by atoms with van der Waals surface area (Å²) < 4.78 is 5.48. The van der Waals surface area contributed by atoms with Gasteiger partial charge in [0.25, 0.3) is 11.8 Å². The topological polar surface area (TPSA) is 75.7 Å². The number of benzene rings is 3. The second-order valence-corrected chi connectivity index (χ2v) is 8.14. The van der Waals surface area contributed by atoms with E-state index in [0.29, 0.717) is 16.8 Å². The summed E-state index contributed by atoms with van der Waals surface area (Å²) >= 11 is 0. The van der Waals surface area contributed by atoms with E-state index in [-0.39, 0.29) is 24.0 Å². The summed E-state index contributed by atoms with van der Waals surface area (Å²) in [6, 6.07) is 21.1. The fourth-order valence-electron chi connectivity index (χ4n) is 3.82. The molecular weight excluding hydrogens is 416 g/mol. The molecule has 0 aromatic heterocycles. The lowest BCUT2D eigenvalue weighted by molar-refractivity contribution is 0.0473. The molecule has 0 saturated carbocycles. The average molecular weight is 443 g/mol. The first-order chi connectivity index (χ1) is 16.0. The quantitative estimate of drug-likeness (QED) is 0.554. The van der Waals surface area contributed by atoms with Gasteiger partial charge >= 0.3 is 5.97 Å². The fraction of sp³-hybridized carbons (Fsp3) is 0.222. The van der Waals surface area contributed by atoms with E-state index in [9.17, 15) is 14.4 Å². The number of aryl methyl sites for hydroxylation is 1. The number of carbonyl (C=O) groups excluding carboxylic acids is 3. The third-order valence-electron chi connectivity index (χ3n) is 5.64. The van der Waals surface area contributed by atoms with Gasteiger partial charge in [-0.2, -0.15) is 0 Å². The van der Waals surface area contributed by atoms with Crippen LogP contribution in [0.1, 0.15) is 55.0 Å². The first-order valence-electron chi connectivity index (χ1n) is 11.0. The van der Waals surface area contributed by atoms with Crippen molar-refractivity contribution >= 4 is 23.5 Å².